The minimum atomic E-state index is -0.00702. The van der Waals surface area contributed by atoms with Gasteiger partial charge in [0.15, 0.2) is 0 Å². The molecule has 0 aromatic carbocycles. The van der Waals surface area contributed by atoms with Gasteiger partial charge in [0.2, 0.25) is 0 Å². The third kappa shape index (κ3) is 3.26. The second-order valence-corrected chi connectivity index (χ2v) is 6.28. The Balaban J connectivity index is 2.40. The Morgan fingerprint density at radius 1 is 1.33 bits per heavy atom. The second-order valence-electron chi connectivity index (χ2n) is 5.25. The molecule has 0 aliphatic carbocycles. The first-order valence-electron chi connectivity index (χ1n) is 6.99. The zero-order chi connectivity index (χ0) is 15.6. The first-order chi connectivity index (χ1) is 9.93. The van der Waals surface area contributed by atoms with E-state index < -0.39 is 0 Å². The lowest BCUT2D eigenvalue weighted by Crippen LogP contribution is -2.25. The average Bonchev–Trinajstić information content (AvgIpc) is 2.95. The maximum atomic E-state index is 12.2. The lowest BCUT2D eigenvalue weighted by molar-refractivity contribution is 0.0807. The standard InChI is InChI=1S/C15H20N4OS/c1-6-19(5)15(20)11-8-17-14(21-11)13-12(9(2)3)18-10(4)7-16-13/h7-9H,6H2,1-5H3. The van der Waals surface area contributed by atoms with Gasteiger partial charge in [0, 0.05) is 19.8 Å². The van der Waals surface area contributed by atoms with E-state index in [0.717, 1.165) is 22.1 Å². The van der Waals surface area contributed by atoms with Gasteiger partial charge in [0.05, 0.1) is 17.6 Å². The van der Waals surface area contributed by atoms with E-state index in [1.165, 1.54) is 11.3 Å². The number of carbonyl (C=O) groups excluding carboxylic acids is 1. The number of hydrogen-bond donors (Lipinski definition) is 0. The molecule has 0 unspecified atom stereocenters. The number of hydrogen-bond acceptors (Lipinski definition) is 5. The van der Waals surface area contributed by atoms with Gasteiger partial charge in [-0.05, 0) is 19.8 Å². The molecule has 5 nitrogen and oxygen atoms in total. The van der Waals surface area contributed by atoms with Crippen molar-refractivity contribution in [2.24, 2.45) is 0 Å². The fourth-order valence-corrected chi connectivity index (χ4v) is 2.79. The Labute approximate surface area is 129 Å². The predicted molar refractivity (Wildman–Crippen MR) is 84.6 cm³/mol. The summed E-state index contributed by atoms with van der Waals surface area (Å²) in [4.78, 5) is 27.8. The van der Waals surface area contributed by atoms with E-state index in [9.17, 15) is 4.79 Å². The molecule has 2 aromatic rings. The summed E-state index contributed by atoms with van der Waals surface area (Å²) in [7, 11) is 1.78. The van der Waals surface area contributed by atoms with Crippen LogP contribution < -0.4 is 0 Å². The van der Waals surface area contributed by atoms with Crippen molar-refractivity contribution in [3.63, 3.8) is 0 Å². The summed E-state index contributed by atoms with van der Waals surface area (Å²) >= 11 is 1.37. The van der Waals surface area contributed by atoms with Crippen molar-refractivity contribution in [1.82, 2.24) is 19.9 Å². The van der Waals surface area contributed by atoms with E-state index in [4.69, 9.17) is 0 Å². The minimum Gasteiger partial charge on any atom is -0.341 e. The SMILES string of the molecule is CCN(C)C(=O)c1cnc(-c2ncc(C)nc2C(C)C)s1. The smallest absolute Gasteiger partial charge is 0.265 e. The molecule has 0 N–H and O–H groups in total. The van der Waals surface area contributed by atoms with Crippen LogP contribution in [-0.2, 0) is 0 Å². The summed E-state index contributed by atoms with van der Waals surface area (Å²) < 4.78 is 0. The molecule has 2 aromatic heterocycles. The molecule has 0 saturated carbocycles. The van der Waals surface area contributed by atoms with Gasteiger partial charge in [-0.3, -0.25) is 9.78 Å². The number of nitrogens with zero attached hydrogens (tertiary/aromatic N) is 4. The molecular formula is C15H20N4OS. The maximum absolute atomic E-state index is 12.2. The first-order valence-corrected chi connectivity index (χ1v) is 7.80. The van der Waals surface area contributed by atoms with Crippen molar-refractivity contribution < 1.29 is 4.79 Å². The summed E-state index contributed by atoms with van der Waals surface area (Å²) in [5, 5.41) is 0.749. The molecule has 0 saturated heterocycles. The van der Waals surface area contributed by atoms with Crippen molar-refractivity contribution in [2.75, 3.05) is 13.6 Å². The second kappa shape index (κ2) is 6.30. The van der Waals surface area contributed by atoms with Gasteiger partial charge in [-0.1, -0.05) is 13.8 Å². The molecule has 2 rings (SSSR count). The van der Waals surface area contributed by atoms with Crippen molar-refractivity contribution in [3.05, 3.63) is 28.7 Å². The molecule has 0 aliphatic rings. The number of amides is 1. The first kappa shape index (κ1) is 15.6. The monoisotopic (exact) mass is 304 g/mol. The molecule has 0 fully saturated rings. The highest BCUT2D eigenvalue weighted by Gasteiger charge is 2.19. The third-order valence-corrected chi connectivity index (χ3v) is 4.20. The van der Waals surface area contributed by atoms with Crippen LogP contribution in [0.3, 0.4) is 0 Å². The van der Waals surface area contributed by atoms with Crippen molar-refractivity contribution in [1.29, 1.82) is 0 Å². The molecular weight excluding hydrogens is 284 g/mol. The molecule has 6 heteroatoms. The Kier molecular flexibility index (Phi) is 4.67. The molecule has 0 bridgehead atoms. The summed E-state index contributed by atoms with van der Waals surface area (Å²) in [6.45, 7) is 8.71. The van der Waals surface area contributed by atoms with Crippen LogP contribution in [0.5, 0.6) is 0 Å². The van der Waals surface area contributed by atoms with Crippen LogP contribution in [0.4, 0.5) is 0 Å². The van der Waals surface area contributed by atoms with E-state index in [-0.39, 0.29) is 11.8 Å². The molecule has 112 valence electrons. The van der Waals surface area contributed by atoms with Crippen molar-refractivity contribution in [3.8, 4) is 10.7 Å². The summed E-state index contributed by atoms with van der Waals surface area (Å²) in [6, 6.07) is 0. The van der Waals surface area contributed by atoms with Crippen molar-refractivity contribution in [2.45, 2.75) is 33.6 Å². The van der Waals surface area contributed by atoms with Crippen molar-refractivity contribution >= 4 is 17.2 Å². The molecule has 21 heavy (non-hydrogen) atoms. The van der Waals surface area contributed by atoms with Crippen LogP contribution in [-0.4, -0.2) is 39.4 Å². The highest BCUT2D eigenvalue weighted by atomic mass is 32.1. The van der Waals surface area contributed by atoms with Crippen LogP contribution in [0.15, 0.2) is 12.4 Å². The molecule has 0 radical (unpaired) electrons. The van der Waals surface area contributed by atoms with E-state index >= 15 is 0 Å². The van der Waals surface area contributed by atoms with Gasteiger partial charge < -0.3 is 4.90 Å². The zero-order valence-electron chi connectivity index (χ0n) is 13.0. The van der Waals surface area contributed by atoms with Crippen LogP contribution >= 0.6 is 11.3 Å². The lowest BCUT2D eigenvalue weighted by atomic mass is 10.1. The Hall–Kier alpha value is -1.82. The molecule has 1 amide bonds. The molecule has 2 heterocycles. The lowest BCUT2D eigenvalue weighted by Gasteiger charge is -2.12. The summed E-state index contributed by atoms with van der Waals surface area (Å²) in [5.41, 5.74) is 2.59. The van der Waals surface area contributed by atoms with E-state index in [0.29, 0.717) is 11.4 Å². The topological polar surface area (TPSA) is 59.0 Å². The van der Waals surface area contributed by atoms with Gasteiger partial charge in [-0.15, -0.1) is 11.3 Å². The Morgan fingerprint density at radius 2 is 2.05 bits per heavy atom. The average molecular weight is 304 g/mol. The van der Waals surface area contributed by atoms with E-state index in [2.05, 4.69) is 28.8 Å². The Morgan fingerprint density at radius 3 is 2.67 bits per heavy atom. The normalized spacial score (nSPS) is 11.0. The molecule has 0 spiro atoms. The van der Waals surface area contributed by atoms with Gasteiger partial charge >= 0.3 is 0 Å². The van der Waals surface area contributed by atoms with Gasteiger partial charge in [0.1, 0.15) is 15.6 Å². The van der Waals surface area contributed by atoms with Crippen LogP contribution in [0, 0.1) is 6.92 Å². The predicted octanol–water partition coefficient (Wildman–Crippen LogP) is 3.12. The number of rotatable bonds is 4. The fourth-order valence-electron chi connectivity index (χ4n) is 1.88. The van der Waals surface area contributed by atoms with Gasteiger partial charge in [-0.25, -0.2) is 9.97 Å². The van der Waals surface area contributed by atoms with Crippen LogP contribution in [0.2, 0.25) is 0 Å². The minimum absolute atomic E-state index is 0.00702. The summed E-state index contributed by atoms with van der Waals surface area (Å²) in [5.74, 6) is 0.251. The third-order valence-electron chi connectivity index (χ3n) is 3.21. The van der Waals surface area contributed by atoms with Gasteiger partial charge in [-0.2, -0.15) is 0 Å². The number of aromatic nitrogens is 3. The summed E-state index contributed by atoms with van der Waals surface area (Å²) in [6.07, 6.45) is 3.36. The molecule has 0 atom stereocenters. The Bertz CT molecular complexity index is 651. The van der Waals surface area contributed by atoms with Crippen LogP contribution in [0.1, 0.15) is 47.7 Å². The van der Waals surface area contributed by atoms with E-state index in [1.54, 1.807) is 24.3 Å². The molecule has 0 aliphatic heterocycles. The highest BCUT2D eigenvalue weighted by Crippen LogP contribution is 2.29. The van der Waals surface area contributed by atoms with Crippen LogP contribution in [0.25, 0.3) is 10.7 Å². The zero-order valence-corrected chi connectivity index (χ0v) is 13.9. The fraction of sp³-hybridized carbons (Fsp3) is 0.467. The quantitative estimate of drug-likeness (QED) is 0.870. The van der Waals surface area contributed by atoms with E-state index in [1.807, 2.05) is 13.8 Å². The maximum Gasteiger partial charge on any atom is 0.265 e. The number of carbonyl (C=O) groups is 1. The number of aryl methyl sites for hydroxylation is 1. The number of thiazole rings is 1. The highest BCUT2D eigenvalue weighted by molar-refractivity contribution is 7.16. The largest absolute Gasteiger partial charge is 0.341 e. The van der Waals surface area contributed by atoms with Gasteiger partial charge in [0.25, 0.3) is 5.91 Å².